The molecular weight excluding hydrogens is 348 g/mol. The Kier molecular flexibility index (Phi) is 5.63. The molecule has 0 aliphatic carbocycles. The van der Waals surface area contributed by atoms with Crippen LogP contribution in [0.1, 0.15) is 48.6 Å². The van der Waals surface area contributed by atoms with Gasteiger partial charge in [-0.25, -0.2) is 13.8 Å². The first-order chi connectivity index (χ1) is 12.9. The molecule has 1 aliphatic heterocycles. The van der Waals surface area contributed by atoms with E-state index in [2.05, 4.69) is 29.8 Å². The molecule has 2 heterocycles. The topological polar surface area (TPSA) is 51.4 Å². The second-order valence-corrected chi connectivity index (χ2v) is 6.75. The molecule has 1 atom stereocenters. The van der Waals surface area contributed by atoms with E-state index in [9.17, 15) is 8.78 Å². The smallest absolute Gasteiger partial charge is 0.272 e. The van der Waals surface area contributed by atoms with Crippen LogP contribution in [-0.2, 0) is 6.54 Å². The van der Waals surface area contributed by atoms with Gasteiger partial charge in [-0.1, -0.05) is 25.1 Å². The highest BCUT2D eigenvalue weighted by atomic mass is 19.3. The van der Waals surface area contributed by atoms with Crippen LogP contribution in [0.3, 0.4) is 0 Å². The lowest BCUT2D eigenvalue weighted by Gasteiger charge is -2.29. The summed E-state index contributed by atoms with van der Waals surface area (Å²) in [5.41, 5.74) is 11.4. The summed E-state index contributed by atoms with van der Waals surface area (Å²) in [7, 11) is 0. The molecule has 4 nitrogen and oxygen atoms in total. The highest BCUT2D eigenvalue weighted by Crippen LogP contribution is 2.41. The van der Waals surface area contributed by atoms with Crippen molar-refractivity contribution >= 4 is 11.5 Å². The summed E-state index contributed by atoms with van der Waals surface area (Å²) in [6.45, 7) is 6.23. The Balaban J connectivity index is 1.87. The number of fused-ring (bicyclic) bond motifs is 1. The van der Waals surface area contributed by atoms with Gasteiger partial charge in [0.1, 0.15) is 18.2 Å². The van der Waals surface area contributed by atoms with Crippen molar-refractivity contribution in [3.8, 4) is 5.75 Å². The first-order valence-electron chi connectivity index (χ1n) is 9.14. The zero-order valence-corrected chi connectivity index (χ0v) is 15.9. The van der Waals surface area contributed by atoms with E-state index >= 15 is 0 Å². The monoisotopic (exact) mass is 373 g/mol. The second-order valence-electron chi connectivity index (χ2n) is 6.75. The van der Waals surface area contributed by atoms with Gasteiger partial charge in [0, 0.05) is 29.6 Å². The summed E-state index contributed by atoms with van der Waals surface area (Å²) >= 11 is 0. The van der Waals surface area contributed by atoms with Gasteiger partial charge in [0.15, 0.2) is 0 Å². The van der Waals surface area contributed by atoms with Crippen molar-refractivity contribution in [2.45, 2.75) is 46.2 Å². The standard InChI is InChI=1S/C21H25F2N3O/c1-4-5-18-16-8-9-25-21(24)17(16)11-26(18)14(3)15-6-7-19(13(2)10-15)27-12-20(22)23/h5-10,14,20H,4,11-12H2,1-3H3,(H2,24,25)/b18-5-. The van der Waals surface area contributed by atoms with E-state index in [1.54, 1.807) is 12.3 Å². The molecule has 1 aromatic carbocycles. The Hall–Kier alpha value is -2.63. The minimum absolute atomic E-state index is 0.0949. The van der Waals surface area contributed by atoms with Crippen molar-refractivity contribution in [2.75, 3.05) is 12.3 Å². The maximum Gasteiger partial charge on any atom is 0.272 e. The lowest BCUT2D eigenvalue weighted by atomic mass is 10.0. The fraction of sp³-hybridized carbons (Fsp3) is 0.381. The number of hydrogen-bond acceptors (Lipinski definition) is 4. The number of anilines is 1. The van der Waals surface area contributed by atoms with E-state index in [-0.39, 0.29) is 6.04 Å². The van der Waals surface area contributed by atoms with Gasteiger partial charge in [-0.3, -0.25) is 0 Å². The number of nitrogens with zero attached hydrogens (tertiary/aromatic N) is 2. The van der Waals surface area contributed by atoms with Gasteiger partial charge < -0.3 is 15.4 Å². The van der Waals surface area contributed by atoms with Gasteiger partial charge in [-0.15, -0.1) is 0 Å². The van der Waals surface area contributed by atoms with E-state index < -0.39 is 13.0 Å². The molecular formula is C21H25F2N3O. The third-order valence-corrected chi connectivity index (χ3v) is 4.91. The maximum atomic E-state index is 12.4. The Bertz CT molecular complexity index is 851. The summed E-state index contributed by atoms with van der Waals surface area (Å²) < 4.78 is 30.0. The zero-order chi connectivity index (χ0) is 19.6. The lowest BCUT2D eigenvalue weighted by molar-refractivity contribution is 0.0815. The molecule has 0 amide bonds. The lowest BCUT2D eigenvalue weighted by Crippen LogP contribution is -2.20. The number of aryl methyl sites for hydroxylation is 1. The molecule has 3 rings (SSSR count). The summed E-state index contributed by atoms with van der Waals surface area (Å²) in [5, 5.41) is 0. The van der Waals surface area contributed by atoms with Crippen molar-refractivity contribution < 1.29 is 13.5 Å². The van der Waals surface area contributed by atoms with Crippen molar-refractivity contribution in [1.29, 1.82) is 0 Å². The van der Waals surface area contributed by atoms with Crippen LogP contribution in [0.5, 0.6) is 5.75 Å². The molecule has 0 saturated carbocycles. The first-order valence-corrected chi connectivity index (χ1v) is 9.14. The number of halogens is 2. The minimum atomic E-state index is -2.48. The van der Waals surface area contributed by atoms with Gasteiger partial charge in [-0.05, 0) is 43.5 Å². The number of hydrogen-bond donors (Lipinski definition) is 1. The highest BCUT2D eigenvalue weighted by molar-refractivity contribution is 5.74. The molecule has 2 aromatic rings. The Morgan fingerprint density at radius 1 is 1.33 bits per heavy atom. The van der Waals surface area contributed by atoms with Gasteiger partial charge in [0.05, 0.1) is 6.04 Å². The average Bonchev–Trinajstić information content (AvgIpc) is 3.00. The van der Waals surface area contributed by atoms with Crippen LogP contribution >= 0.6 is 0 Å². The molecule has 0 radical (unpaired) electrons. The van der Waals surface area contributed by atoms with E-state index in [4.69, 9.17) is 10.5 Å². The quantitative estimate of drug-likeness (QED) is 0.779. The number of ether oxygens (including phenoxy) is 1. The van der Waals surface area contributed by atoms with Crippen molar-refractivity contribution in [2.24, 2.45) is 0 Å². The van der Waals surface area contributed by atoms with Crippen molar-refractivity contribution in [1.82, 2.24) is 9.88 Å². The van der Waals surface area contributed by atoms with Crippen LogP contribution < -0.4 is 10.5 Å². The predicted octanol–water partition coefficient (Wildman–Crippen LogP) is 4.94. The number of alkyl halides is 2. The molecule has 0 saturated heterocycles. The van der Waals surface area contributed by atoms with Crippen LogP contribution in [-0.4, -0.2) is 22.9 Å². The van der Waals surface area contributed by atoms with E-state index in [1.807, 2.05) is 25.1 Å². The molecule has 2 N–H and O–H groups in total. The molecule has 1 unspecified atom stereocenters. The van der Waals surface area contributed by atoms with Crippen LogP contribution in [0.15, 0.2) is 36.5 Å². The number of pyridine rings is 1. The SMILES string of the molecule is CC/C=C1/c2ccnc(N)c2CN1C(C)c1ccc(OCC(F)F)c(C)c1. The summed E-state index contributed by atoms with van der Waals surface area (Å²) in [6.07, 6.45) is 2.38. The summed E-state index contributed by atoms with van der Waals surface area (Å²) in [4.78, 5) is 6.52. The largest absolute Gasteiger partial charge is 0.487 e. The second kappa shape index (κ2) is 7.94. The van der Waals surface area contributed by atoms with Gasteiger partial charge in [0.2, 0.25) is 0 Å². The van der Waals surface area contributed by atoms with E-state index in [0.29, 0.717) is 18.1 Å². The normalized spacial score (nSPS) is 16.1. The molecule has 0 fully saturated rings. The molecule has 0 spiro atoms. The molecule has 6 heteroatoms. The van der Waals surface area contributed by atoms with E-state index in [1.165, 1.54) is 0 Å². The third kappa shape index (κ3) is 3.89. The molecule has 0 bridgehead atoms. The third-order valence-electron chi connectivity index (χ3n) is 4.91. The molecule has 144 valence electrons. The Morgan fingerprint density at radius 3 is 2.78 bits per heavy atom. The molecule has 27 heavy (non-hydrogen) atoms. The maximum absolute atomic E-state index is 12.4. The first kappa shape index (κ1) is 19.1. The molecule has 1 aromatic heterocycles. The number of benzene rings is 1. The van der Waals surface area contributed by atoms with Crippen LogP contribution in [0.4, 0.5) is 14.6 Å². The number of allylic oxidation sites excluding steroid dienone is 1. The van der Waals surface area contributed by atoms with Gasteiger partial charge in [-0.2, -0.15) is 0 Å². The van der Waals surface area contributed by atoms with Crippen molar-refractivity contribution in [3.63, 3.8) is 0 Å². The minimum Gasteiger partial charge on any atom is -0.487 e. The highest BCUT2D eigenvalue weighted by Gasteiger charge is 2.30. The zero-order valence-electron chi connectivity index (χ0n) is 15.9. The average molecular weight is 373 g/mol. The number of aromatic nitrogens is 1. The van der Waals surface area contributed by atoms with Crippen LogP contribution in [0, 0.1) is 6.92 Å². The summed E-state index contributed by atoms with van der Waals surface area (Å²) in [5.74, 6) is 1.06. The Morgan fingerprint density at radius 2 is 2.11 bits per heavy atom. The fourth-order valence-electron chi connectivity index (χ4n) is 3.52. The van der Waals surface area contributed by atoms with Gasteiger partial charge >= 0.3 is 0 Å². The number of rotatable bonds is 6. The number of nitrogen functional groups attached to an aromatic ring is 1. The summed E-state index contributed by atoms with van der Waals surface area (Å²) in [6, 6.07) is 7.81. The predicted molar refractivity (Wildman–Crippen MR) is 104 cm³/mol. The van der Waals surface area contributed by atoms with Crippen LogP contribution in [0.2, 0.25) is 0 Å². The Labute approximate surface area is 158 Å². The van der Waals surface area contributed by atoms with Crippen molar-refractivity contribution in [3.05, 3.63) is 58.8 Å². The molecule has 1 aliphatic rings. The number of nitrogens with two attached hydrogens (primary N) is 1. The van der Waals surface area contributed by atoms with Gasteiger partial charge in [0.25, 0.3) is 6.43 Å². The van der Waals surface area contributed by atoms with Crippen LogP contribution in [0.25, 0.3) is 5.70 Å². The van der Waals surface area contributed by atoms with E-state index in [0.717, 1.165) is 34.4 Å². The fourth-order valence-corrected chi connectivity index (χ4v) is 3.52.